The number of rotatable bonds is 7. The number of aromatic nitrogens is 1. The van der Waals surface area contributed by atoms with E-state index in [0.29, 0.717) is 17.7 Å². The van der Waals surface area contributed by atoms with Crippen molar-refractivity contribution in [1.29, 1.82) is 0 Å². The number of nitrogens with zero attached hydrogens (tertiary/aromatic N) is 2. The van der Waals surface area contributed by atoms with E-state index in [2.05, 4.69) is 4.98 Å². The summed E-state index contributed by atoms with van der Waals surface area (Å²) in [5.74, 6) is -5.50. The van der Waals surface area contributed by atoms with E-state index in [1.807, 2.05) is 0 Å². The maximum Gasteiger partial charge on any atom is 0.338 e. The predicted molar refractivity (Wildman–Crippen MR) is 74.8 cm³/mol. The molecule has 0 aromatic carbocycles. The molecule has 1 amide bonds. The van der Waals surface area contributed by atoms with Crippen LogP contribution in [0.25, 0.3) is 0 Å². The Morgan fingerprint density at radius 3 is 2.09 bits per heavy atom. The Balaban J connectivity index is 3.37. The summed E-state index contributed by atoms with van der Waals surface area (Å²) in [4.78, 5) is 39.2. The van der Waals surface area contributed by atoms with Gasteiger partial charge in [-0.05, 0) is 25.0 Å². The fourth-order valence-electron chi connectivity index (χ4n) is 2.04. The molecule has 22 heavy (non-hydrogen) atoms. The molecule has 0 fully saturated rings. The molecule has 1 heterocycles. The molecule has 1 rings (SSSR count). The third kappa shape index (κ3) is 3.78. The average Bonchev–Trinajstić information content (AvgIpc) is 2.46. The van der Waals surface area contributed by atoms with Crippen LogP contribution >= 0.6 is 0 Å². The van der Waals surface area contributed by atoms with Crippen molar-refractivity contribution in [3.8, 4) is 0 Å². The standard InChI is InChI=1S/C14H17FN2O5/c1-3-8(4-2)12(18)17(11(13(19)20)14(21)22)10-6-5-9(15)7-16-10/h5-8,11H,3-4H2,1-2H3,(H,19,20)(H,21,22). The van der Waals surface area contributed by atoms with E-state index >= 15 is 0 Å². The van der Waals surface area contributed by atoms with E-state index in [9.17, 15) is 18.8 Å². The number of pyridine rings is 1. The van der Waals surface area contributed by atoms with Crippen LogP contribution in [0.2, 0.25) is 0 Å². The highest BCUT2D eigenvalue weighted by Crippen LogP contribution is 2.21. The number of carboxylic acid groups (broad SMARTS) is 2. The van der Waals surface area contributed by atoms with Crippen LogP contribution in [0.5, 0.6) is 0 Å². The van der Waals surface area contributed by atoms with E-state index in [-0.39, 0.29) is 5.82 Å². The molecule has 0 aliphatic heterocycles. The van der Waals surface area contributed by atoms with Gasteiger partial charge in [-0.1, -0.05) is 13.8 Å². The number of hydrogen-bond donors (Lipinski definition) is 2. The molecule has 0 aliphatic carbocycles. The van der Waals surface area contributed by atoms with Crippen molar-refractivity contribution in [2.24, 2.45) is 5.92 Å². The molecule has 0 unspecified atom stereocenters. The van der Waals surface area contributed by atoms with Gasteiger partial charge >= 0.3 is 11.9 Å². The highest BCUT2D eigenvalue weighted by Gasteiger charge is 2.39. The lowest BCUT2D eigenvalue weighted by Gasteiger charge is -2.28. The van der Waals surface area contributed by atoms with Crippen LogP contribution in [-0.4, -0.2) is 39.1 Å². The highest BCUT2D eigenvalue weighted by atomic mass is 19.1. The smallest absolute Gasteiger partial charge is 0.338 e. The van der Waals surface area contributed by atoms with E-state index in [0.717, 1.165) is 18.3 Å². The molecule has 0 saturated heterocycles. The van der Waals surface area contributed by atoms with Gasteiger partial charge in [0.05, 0.1) is 6.20 Å². The Hall–Kier alpha value is -2.51. The van der Waals surface area contributed by atoms with Crippen LogP contribution in [0.15, 0.2) is 18.3 Å². The molecular weight excluding hydrogens is 295 g/mol. The van der Waals surface area contributed by atoms with Crippen molar-refractivity contribution in [3.05, 3.63) is 24.1 Å². The monoisotopic (exact) mass is 312 g/mol. The first kappa shape index (κ1) is 17.5. The van der Waals surface area contributed by atoms with Gasteiger partial charge in [0.25, 0.3) is 0 Å². The molecular formula is C14H17FN2O5. The number of carbonyl (C=O) groups excluding carboxylic acids is 1. The van der Waals surface area contributed by atoms with Crippen LogP contribution in [0.1, 0.15) is 26.7 Å². The van der Waals surface area contributed by atoms with Gasteiger partial charge < -0.3 is 10.2 Å². The molecule has 0 bridgehead atoms. The molecule has 0 radical (unpaired) electrons. The fourth-order valence-corrected chi connectivity index (χ4v) is 2.04. The summed E-state index contributed by atoms with van der Waals surface area (Å²) in [6, 6.07) is -0.0591. The third-order valence-corrected chi connectivity index (χ3v) is 3.26. The molecule has 7 nitrogen and oxygen atoms in total. The van der Waals surface area contributed by atoms with E-state index < -0.39 is 35.6 Å². The molecule has 2 N–H and O–H groups in total. The maximum atomic E-state index is 13.0. The second kappa shape index (κ2) is 7.48. The largest absolute Gasteiger partial charge is 0.479 e. The van der Waals surface area contributed by atoms with Crippen molar-refractivity contribution >= 4 is 23.7 Å². The zero-order chi connectivity index (χ0) is 16.9. The van der Waals surface area contributed by atoms with Gasteiger partial charge in [0.15, 0.2) is 0 Å². The maximum absolute atomic E-state index is 13.0. The topological polar surface area (TPSA) is 108 Å². The molecule has 0 atom stereocenters. The van der Waals surface area contributed by atoms with Gasteiger partial charge in [-0.2, -0.15) is 0 Å². The van der Waals surface area contributed by atoms with E-state index in [4.69, 9.17) is 10.2 Å². The summed E-state index contributed by atoms with van der Waals surface area (Å²) in [5.41, 5.74) is 0. The summed E-state index contributed by atoms with van der Waals surface area (Å²) in [5, 5.41) is 18.3. The average molecular weight is 312 g/mol. The summed E-state index contributed by atoms with van der Waals surface area (Å²) in [6.07, 6.45) is 1.63. The van der Waals surface area contributed by atoms with Crippen LogP contribution in [0.3, 0.4) is 0 Å². The van der Waals surface area contributed by atoms with Gasteiger partial charge in [0, 0.05) is 5.92 Å². The zero-order valence-electron chi connectivity index (χ0n) is 12.2. The van der Waals surface area contributed by atoms with Gasteiger partial charge in [0.1, 0.15) is 11.6 Å². The number of carbonyl (C=O) groups is 3. The van der Waals surface area contributed by atoms with Crippen molar-refractivity contribution in [2.45, 2.75) is 32.7 Å². The van der Waals surface area contributed by atoms with E-state index in [1.54, 1.807) is 13.8 Å². The number of halogens is 1. The number of anilines is 1. The van der Waals surface area contributed by atoms with Gasteiger partial charge in [0.2, 0.25) is 11.9 Å². The Morgan fingerprint density at radius 2 is 1.73 bits per heavy atom. The van der Waals surface area contributed by atoms with Gasteiger partial charge in [-0.25, -0.2) is 19.0 Å². The van der Waals surface area contributed by atoms with Gasteiger partial charge in [-0.15, -0.1) is 0 Å². The number of hydrogen-bond acceptors (Lipinski definition) is 4. The normalized spacial score (nSPS) is 10.8. The minimum atomic E-state index is -2.12. The lowest BCUT2D eigenvalue weighted by Crippen LogP contribution is -2.52. The molecule has 8 heteroatoms. The quantitative estimate of drug-likeness (QED) is 0.739. The highest BCUT2D eigenvalue weighted by molar-refractivity contribution is 6.09. The first-order chi connectivity index (χ1) is 10.3. The summed E-state index contributed by atoms with van der Waals surface area (Å²) < 4.78 is 13.0. The lowest BCUT2D eigenvalue weighted by atomic mass is 10.0. The number of amides is 1. The number of carboxylic acids is 2. The Bertz CT molecular complexity index is 543. The van der Waals surface area contributed by atoms with Crippen molar-refractivity contribution in [3.63, 3.8) is 0 Å². The Labute approximate surface area is 126 Å². The molecule has 0 spiro atoms. The first-order valence-corrected chi connectivity index (χ1v) is 6.73. The van der Waals surface area contributed by atoms with Gasteiger partial charge in [-0.3, -0.25) is 9.69 Å². The van der Waals surface area contributed by atoms with E-state index in [1.165, 1.54) is 0 Å². The zero-order valence-corrected chi connectivity index (χ0v) is 12.2. The minimum Gasteiger partial charge on any atom is -0.479 e. The second-order valence-corrected chi connectivity index (χ2v) is 4.64. The lowest BCUT2D eigenvalue weighted by molar-refractivity contribution is -0.151. The van der Waals surface area contributed by atoms with Crippen molar-refractivity contribution in [2.75, 3.05) is 4.90 Å². The molecule has 0 saturated carbocycles. The third-order valence-electron chi connectivity index (χ3n) is 3.26. The first-order valence-electron chi connectivity index (χ1n) is 6.73. The number of aliphatic carboxylic acids is 2. The Morgan fingerprint density at radius 1 is 1.18 bits per heavy atom. The molecule has 120 valence electrons. The summed E-state index contributed by atoms with van der Waals surface area (Å²) in [7, 11) is 0. The second-order valence-electron chi connectivity index (χ2n) is 4.64. The summed E-state index contributed by atoms with van der Waals surface area (Å²) >= 11 is 0. The van der Waals surface area contributed by atoms with Crippen LogP contribution in [0.4, 0.5) is 10.2 Å². The Kier molecular flexibility index (Phi) is 5.97. The van der Waals surface area contributed by atoms with Crippen LogP contribution in [0, 0.1) is 11.7 Å². The van der Waals surface area contributed by atoms with Crippen LogP contribution in [-0.2, 0) is 14.4 Å². The molecule has 1 aromatic heterocycles. The van der Waals surface area contributed by atoms with Crippen LogP contribution < -0.4 is 4.90 Å². The molecule has 0 aliphatic rings. The fraction of sp³-hybridized carbons (Fsp3) is 0.429. The SMILES string of the molecule is CCC(CC)C(=O)N(c1ccc(F)cn1)C(C(=O)O)C(=O)O. The van der Waals surface area contributed by atoms with Crippen molar-refractivity contribution < 1.29 is 29.0 Å². The minimum absolute atomic E-state index is 0.215. The predicted octanol–water partition coefficient (Wildman–Crippen LogP) is 1.53. The van der Waals surface area contributed by atoms with Crippen molar-refractivity contribution in [1.82, 2.24) is 4.98 Å². The molecule has 1 aromatic rings. The summed E-state index contributed by atoms with van der Waals surface area (Å²) in [6.45, 7) is 3.47.